The summed E-state index contributed by atoms with van der Waals surface area (Å²) < 4.78 is 12.1. The Labute approximate surface area is 147 Å². The second-order valence-corrected chi connectivity index (χ2v) is 8.20. The highest BCUT2D eigenvalue weighted by Crippen LogP contribution is 2.39. The maximum Gasteiger partial charge on any atom is 0.491 e. The van der Waals surface area contributed by atoms with Gasteiger partial charge in [0.25, 0.3) is 5.56 Å². The second-order valence-electron chi connectivity index (χ2n) is 7.05. The van der Waals surface area contributed by atoms with Crippen molar-refractivity contribution < 1.29 is 14.1 Å². The lowest BCUT2D eigenvalue weighted by Gasteiger charge is -2.32. The fourth-order valence-electron chi connectivity index (χ4n) is 2.28. The molecule has 1 aliphatic heterocycles. The molecule has 2 heterocycles. The molecule has 1 aliphatic rings. The molecule has 24 heavy (non-hydrogen) atoms. The molecule has 0 saturated carbocycles. The Hall–Kier alpha value is -1.31. The lowest BCUT2D eigenvalue weighted by Crippen LogP contribution is -2.41. The largest absolute Gasteiger partial charge is 0.491 e. The van der Waals surface area contributed by atoms with Crippen LogP contribution in [0.5, 0.6) is 0 Å². The summed E-state index contributed by atoms with van der Waals surface area (Å²) >= 11 is 1.18. The molecule has 130 valence electrons. The molecule has 0 unspecified atom stereocenters. The van der Waals surface area contributed by atoms with Gasteiger partial charge in [-0.25, -0.2) is 0 Å². The molecule has 0 amide bonds. The van der Waals surface area contributed by atoms with Gasteiger partial charge in [-0.2, -0.15) is 0 Å². The Morgan fingerprint density at radius 1 is 1.29 bits per heavy atom. The normalized spacial score (nSPS) is 19.6. The van der Waals surface area contributed by atoms with Gasteiger partial charge in [-0.3, -0.25) is 9.59 Å². The number of hydrogen-bond donors (Lipinski definition) is 1. The number of thioether (sulfide) groups is 1. The van der Waals surface area contributed by atoms with E-state index >= 15 is 0 Å². The average Bonchev–Trinajstić information content (AvgIpc) is 2.66. The van der Waals surface area contributed by atoms with Crippen molar-refractivity contribution in [3.63, 3.8) is 0 Å². The molecule has 5 nitrogen and oxygen atoms in total. The fourth-order valence-corrected chi connectivity index (χ4v) is 2.87. The number of carbonyl (C=O) groups is 1. The van der Waals surface area contributed by atoms with Crippen molar-refractivity contribution >= 4 is 30.1 Å². The number of carbonyl (C=O) groups excluding carboxylic acids is 1. The van der Waals surface area contributed by atoms with Crippen LogP contribution in [0.3, 0.4) is 0 Å². The van der Waals surface area contributed by atoms with Crippen LogP contribution in [0, 0.1) is 6.92 Å². The summed E-state index contributed by atoms with van der Waals surface area (Å²) in [5.41, 5.74) is 1.12. The predicted octanol–water partition coefficient (Wildman–Crippen LogP) is 2.98. The van der Waals surface area contributed by atoms with E-state index in [4.69, 9.17) is 9.31 Å². The first-order valence-corrected chi connectivity index (χ1v) is 8.89. The van der Waals surface area contributed by atoms with Crippen molar-refractivity contribution in [2.24, 2.45) is 0 Å². The van der Waals surface area contributed by atoms with Crippen LogP contribution in [0.2, 0.25) is 0 Å². The molecule has 1 saturated heterocycles. The molecule has 0 aromatic carbocycles. The number of H-pyrrole nitrogens is 1. The zero-order chi connectivity index (χ0) is 18.1. The first-order chi connectivity index (χ1) is 11.0. The van der Waals surface area contributed by atoms with Crippen LogP contribution in [-0.2, 0) is 14.1 Å². The first-order valence-electron chi connectivity index (χ1n) is 7.90. The van der Waals surface area contributed by atoms with Crippen molar-refractivity contribution in [2.45, 2.75) is 52.7 Å². The standard InChI is InChI=1S/C17H24BNO4S/c1-11-7-13(15(21)19-9-11)8-14(10-24-12(2)20)18-22-16(3,4)17(5,6)23-18/h7-9H,10H2,1-6H3,(H,19,21). The van der Waals surface area contributed by atoms with Gasteiger partial charge in [0, 0.05) is 24.4 Å². The Balaban J connectivity index is 2.39. The third kappa shape index (κ3) is 4.20. The lowest BCUT2D eigenvalue weighted by atomic mass is 9.78. The van der Waals surface area contributed by atoms with Crippen LogP contribution in [-0.4, -0.2) is 34.2 Å². The molecular weight excluding hydrogens is 325 g/mol. The Morgan fingerprint density at radius 3 is 2.42 bits per heavy atom. The van der Waals surface area contributed by atoms with Crippen LogP contribution >= 0.6 is 11.8 Å². The smallest absolute Gasteiger partial charge is 0.400 e. The van der Waals surface area contributed by atoms with Gasteiger partial charge in [0.05, 0.1) is 11.2 Å². The minimum Gasteiger partial charge on any atom is -0.400 e. The number of hydrogen-bond acceptors (Lipinski definition) is 5. The van der Waals surface area contributed by atoms with E-state index in [9.17, 15) is 9.59 Å². The van der Waals surface area contributed by atoms with E-state index in [2.05, 4.69) is 4.98 Å². The summed E-state index contributed by atoms with van der Waals surface area (Å²) in [6.45, 7) is 11.3. The van der Waals surface area contributed by atoms with Crippen molar-refractivity contribution in [2.75, 3.05) is 5.75 Å². The zero-order valence-corrected chi connectivity index (χ0v) is 15.9. The minimum absolute atomic E-state index is 0.00979. The van der Waals surface area contributed by atoms with E-state index < -0.39 is 18.3 Å². The maximum absolute atomic E-state index is 12.1. The van der Waals surface area contributed by atoms with Gasteiger partial charge in [0.2, 0.25) is 0 Å². The maximum atomic E-state index is 12.1. The highest BCUT2D eigenvalue weighted by molar-refractivity contribution is 8.13. The second kappa shape index (κ2) is 6.90. The first kappa shape index (κ1) is 19.0. The van der Waals surface area contributed by atoms with E-state index in [0.717, 1.165) is 11.0 Å². The van der Waals surface area contributed by atoms with Crippen molar-refractivity contribution in [3.8, 4) is 0 Å². The molecule has 1 N–H and O–H groups in total. The number of pyridine rings is 1. The molecule has 0 radical (unpaired) electrons. The zero-order valence-electron chi connectivity index (χ0n) is 15.1. The predicted molar refractivity (Wildman–Crippen MR) is 99.0 cm³/mol. The summed E-state index contributed by atoms with van der Waals surface area (Å²) in [6.07, 6.45) is 3.43. The van der Waals surface area contributed by atoms with Crippen LogP contribution < -0.4 is 5.56 Å². The van der Waals surface area contributed by atoms with Crippen molar-refractivity contribution in [1.82, 2.24) is 4.98 Å². The lowest BCUT2D eigenvalue weighted by molar-refractivity contribution is -0.109. The molecule has 7 heteroatoms. The van der Waals surface area contributed by atoms with E-state index in [1.165, 1.54) is 18.7 Å². The highest BCUT2D eigenvalue weighted by atomic mass is 32.2. The fraction of sp³-hybridized carbons (Fsp3) is 0.529. The van der Waals surface area contributed by atoms with Gasteiger partial charge >= 0.3 is 7.12 Å². The molecule has 1 aromatic heterocycles. The average molecular weight is 349 g/mol. The summed E-state index contributed by atoms with van der Waals surface area (Å²) in [7, 11) is -0.582. The summed E-state index contributed by atoms with van der Waals surface area (Å²) in [6, 6.07) is 1.81. The molecule has 0 aliphatic carbocycles. The molecule has 0 bridgehead atoms. The minimum atomic E-state index is -0.582. The van der Waals surface area contributed by atoms with Crippen LogP contribution in [0.4, 0.5) is 0 Å². The Bertz CT molecular complexity index is 708. The SMILES string of the molecule is CC(=O)SCC(=Cc1cc(C)c[nH]c1=O)B1OC(C)(C)C(C)(C)O1. The molecule has 0 atom stereocenters. The van der Waals surface area contributed by atoms with E-state index in [1.54, 1.807) is 12.3 Å². The van der Waals surface area contributed by atoms with Crippen LogP contribution in [0.25, 0.3) is 6.08 Å². The Kier molecular flexibility index (Phi) is 5.47. The molecule has 0 spiro atoms. The number of aromatic nitrogens is 1. The van der Waals surface area contributed by atoms with Gasteiger partial charge in [-0.15, -0.1) is 0 Å². The third-order valence-corrected chi connectivity index (χ3v) is 5.30. The van der Waals surface area contributed by atoms with Gasteiger partial charge in [-0.05, 0) is 51.7 Å². The third-order valence-electron chi connectivity index (χ3n) is 4.42. The number of aryl methyl sites for hydroxylation is 1. The number of aromatic amines is 1. The molecule has 1 aromatic rings. The number of rotatable bonds is 4. The highest BCUT2D eigenvalue weighted by Gasteiger charge is 2.52. The summed E-state index contributed by atoms with van der Waals surface area (Å²) in [5, 5.41) is 0.00979. The summed E-state index contributed by atoms with van der Waals surface area (Å²) in [5.74, 6) is 0.416. The topological polar surface area (TPSA) is 68.4 Å². The van der Waals surface area contributed by atoms with E-state index in [0.29, 0.717) is 11.3 Å². The molecular formula is C17H24BNO4S. The van der Waals surface area contributed by atoms with Crippen molar-refractivity contribution in [3.05, 3.63) is 39.2 Å². The summed E-state index contributed by atoms with van der Waals surface area (Å²) in [4.78, 5) is 26.1. The molecule has 2 rings (SSSR count). The van der Waals surface area contributed by atoms with Crippen LogP contribution in [0.1, 0.15) is 45.7 Å². The monoisotopic (exact) mass is 349 g/mol. The van der Waals surface area contributed by atoms with Gasteiger partial charge in [0.1, 0.15) is 0 Å². The van der Waals surface area contributed by atoms with E-state index in [-0.39, 0.29) is 10.7 Å². The van der Waals surface area contributed by atoms with Crippen molar-refractivity contribution in [1.29, 1.82) is 0 Å². The molecule has 1 fully saturated rings. The van der Waals surface area contributed by atoms with Gasteiger partial charge < -0.3 is 14.3 Å². The van der Waals surface area contributed by atoms with Gasteiger partial charge in [-0.1, -0.05) is 17.8 Å². The van der Waals surface area contributed by atoms with Gasteiger partial charge in [0.15, 0.2) is 5.12 Å². The number of nitrogens with one attached hydrogen (secondary N) is 1. The van der Waals surface area contributed by atoms with E-state index in [1.807, 2.05) is 40.7 Å². The Morgan fingerprint density at radius 2 is 1.88 bits per heavy atom. The van der Waals surface area contributed by atoms with Crippen LogP contribution in [0.15, 0.2) is 22.5 Å². The quantitative estimate of drug-likeness (QED) is 0.847.